The highest BCUT2D eigenvalue weighted by atomic mass is 16.5. The van der Waals surface area contributed by atoms with Gasteiger partial charge in [-0.3, -0.25) is 0 Å². The number of ether oxygens (including phenoxy) is 1. The molecule has 0 aliphatic carbocycles. The third-order valence-corrected chi connectivity index (χ3v) is 2.36. The summed E-state index contributed by atoms with van der Waals surface area (Å²) in [5, 5.41) is 0. The van der Waals surface area contributed by atoms with Gasteiger partial charge in [0.05, 0.1) is 0 Å². The van der Waals surface area contributed by atoms with Crippen LogP contribution >= 0.6 is 0 Å². The fourth-order valence-corrected chi connectivity index (χ4v) is 1.36. The van der Waals surface area contributed by atoms with Crippen molar-refractivity contribution < 1.29 is 4.74 Å². The Morgan fingerprint density at radius 3 is 2.36 bits per heavy atom. The van der Waals surface area contributed by atoms with Crippen molar-refractivity contribution in [3.63, 3.8) is 0 Å². The maximum atomic E-state index is 5.68. The van der Waals surface area contributed by atoms with E-state index in [1.54, 1.807) is 0 Å². The quantitative estimate of drug-likeness (QED) is 0.799. The smallest absolute Gasteiger partial charge is 0.125 e. The van der Waals surface area contributed by atoms with Crippen molar-refractivity contribution in [3.05, 3.63) is 28.8 Å². The van der Waals surface area contributed by atoms with E-state index < -0.39 is 0 Å². The maximum Gasteiger partial charge on any atom is 0.125 e. The fraction of sp³-hybridized carbons (Fsp3) is 0.500. The van der Waals surface area contributed by atoms with Crippen LogP contribution in [0.4, 0.5) is 0 Å². The van der Waals surface area contributed by atoms with Gasteiger partial charge in [0.2, 0.25) is 0 Å². The summed E-state index contributed by atoms with van der Waals surface area (Å²) in [6, 6.07) is 4.27. The van der Waals surface area contributed by atoms with Gasteiger partial charge in [-0.1, -0.05) is 12.1 Å². The molecule has 2 N–H and O–H groups in total. The number of hydrogen-bond acceptors (Lipinski definition) is 2. The summed E-state index contributed by atoms with van der Waals surface area (Å²) in [7, 11) is 0. The predicted molar refractivity (Wildman–Crippen MR) is 59.8 cm³/mol. The second-order valence-electron chi connectivity index (χ2n) is 3.94. The zero-order valence-electron chi connectivity index (χ0n) is 9.42. The normalized spacial score (nSPS) is 12.6. The monoisotopic (exact) mass is 193 g/mol. The second-order valence-corrected chi connectivity index (χ2v) is 3.94. The summed E-state index contributed by atoms with van der Waals surface area (Å²) in [4.78, 5) is 0. The highest BCUT2D eigenvalue weighted by Crippen LogP contribution is 2.25. The molecule has 1 unspecified atom stereocenters. The molecule has 78 valence electrons. The Morgan fingerprint density at radius 2 is 1.79 bits per heavy atom. The van der Waals surface area contributed by atoms with Gasteiger partial charge in [0.25, 0.3) is 0 Å². The first-order chi connectivity index (χ1) is 6.52. The average Bonchev–Trinajstić information content (AvgIpc) is 2.11. The Morgan fingerprint density at radius 1 is 1.21 bits per heavy atom. The van der Waals surface area contributed by atoms with E-state index in [9.17, 15) is 0 Å². The van der Waals surface area contributed by atoms with Crippen molar-refractivity contribution in [3.8, 4) is 5.75 Å². The first-order valence-corrected chi connectivity index (χ1v) is 4.97. The molecule has 0 heterocycles. The van der Waals surface area contributed by atoms with Crippen molar-refractivity contribution >= 4 is 0 Å². The van der Waals surface area contributed by atoms with E-state index in [-0.39, 0.29) is 6.04 Å². The zero-order chi connectivity index (χ0) is 10.7. The zero-order valence-corrected chi connectivity index (χ0v) is 9.42. The third kappa shape index (κ3) is 2.48. The molecule has 1 atom stereocenters. The van der Waals surface area contributed by atoms with E-state index in [4.69, 9.17) is 10.5 Å². The molecule has 2 heteroatoms. The molecule has 0 amide bonds. The molecule has 0 fully saturated rings. The van der Waals surface area contributed by atoms with Gasteiger partial charge in [-0.25, -0.2) is 0 Å². The molecule has 0 saturated heterocycles. The predicted octanol–water partition coefficient (Wildman–Crippen LogP) is 2.34. The molecule has 0 bridgehead atoms. The molecule has 0 aliphatic heterocycles. The summed E-state index contributed by atoms with van der Waals surface area (Å²) in [5.74, 6) is 0.988. The van der Waals surface area contributed by atoms with Crippen molar-refractivity contribution in [1.82, 2.24) is 0 Å². The summed E-state index contributed by atoms with van der Waals surface area (Å²) >= 11 is 0. The molecule has 1 rings (SSSR count). The van der Waals surface area contributed by atoms with Gasteiger partial charge in [0.15, 0.2) is 0 Å². The highest BCUT2D eigenvalue weighted by Gasteiger charge is 2.06. The molecular formula is C12H19NO. The van der Waals surface area contributed by atoms with Crippen molar-refractivity contribution in [1.29, 1.82) is 0 Å². The minimum absolute atomic E-state index is 0.0781. The summed E-state index contributed by atoms with van der Waals surface area (Å²) in [5.41, 5.74) is 9.30. The van der Waals surface area contributed by atoms with Gasteiger partial charge in [0, 0.05) is 6.04 Å². The van der Waals surface area contributed by atoms with Crippen LogP contribution in [0.1, 0.15) is 23.6 Å². The van der Waals surface area contributed by atoms with Crippen LogP contribution < -0.4 is 10.5 Å². The van der Waals surface area contributed by atoms with E-state index >= 15 is 0 Å². The lowest BCUT2D eigenvalue weighted by atomic mass is 10.1. The summed E-state index contributed by atoms with van der Waals surface area (Å²) in [6.07, 6.45) is 0. The number of benzene rings is 1. The fourth-order valence-electron chi connectivity index (χ4n) is 1.36. The first-order valence-electron chi connectivity index (χ1n) is 4.97. The molecule has 0 aliphatic rings. The van der Waals surface area contributed by atoms with Gasteiger partial charge in [-0.05, 0) is 44.4 Å². The van der Waals surface area contributed by atoms with Crippen molar-refractivity contribution in [2.24, 2.45) is 5.73 Å². The SMILES string of the molecule is Cc1ccc(C)c(OCC(C)N)c1C. The topological polar surface area (TPSA) is 35.2 Å². The van der Waals surface area contributed by atoms with Gasteiger partial charge < -0.3 is 10.5 Å². The molecule has 2 nitrogen and oxygen atoms in total. The van der Waals surface area contributed by atoms with Gasteiger partial charge >= 0.3 is 0 Å². The average molecular weight is 193 g/mol. The minimum atomic E-state index is 0.0781. The summed E-state index contributed by atoms with van der Waals surface area (Å²) in [6.45, 7) is 8.75. The molecule has 1 aromatic rings. The van der Waals surface area contributed by atoms with E-state index in [0.29, 0.717) is 6.61 Å². The molecule has 0 spiro atoms. The molecular weight excluding hydrogens is 174 g/mol. The second kappa shape index (κ2) is 4.47. The van der Waals surface area contributed by atoms with Crippen LogP contribution in [0.5, 0.6) is 5.75 Å². The molecule has 1 aromatic carbocycles. The van der Waals surface area contributed by atoms with Gasteiger partial charge in [0.1, 0.15) is 12.4 Å². The minimum Gasteiger partial charge on any atom is -0.491 e. The van der Waals surface area contributed by atoms with Crippen LogP contribution in [-0.2, 0) is 0 Å². The molecule has 14 heavy (non-hydrogen) atoms. The third-order valence-electron chi connectivity index (χ3n) is 2.36. The number of nitrogens with two attached hydrogens (primary N) is 1. The van der Waals surface area contributed by atoms with E-state index in [0.717, 1.165) is 5.75 Å². The van der Waals surface area contributed by atoms with Crippen LogP contribution in [0.2, 0.25) is 0 Å². The van der Waals surface area contributed by atoms with Gasteiger partial charge in [-0.15, -0.1) is 0 Å². The molecule has 0 aromatic heterocycles. The largest absolute Gasteiger partial charge is 0.491 e. The summed E-state index contributed by atoms with van der Waals surface area (Å²) < 4.78 is 5.68. The van der Waals surface area contributed by atoms with Crippen LogP contribution in [0.15, 0.2) is 12.1 Å². The Bertz CT molecular complexity index is 318. The van der Waals surface area contributed by atoms with Gasteiger partial charge in [-0.2, -0.15) is 0 Å². The van der Waals surface area contributed by atoms with Crippen molar-refractivity contribution in [2.75, 3.05) is 6.61 Å². The number of aryl methyl sites for hydroxylation is 2. The maximum absolute atomic E-state index is 5.68. The first kappa shape index (κ1) is 11.1. The lowest BCUT2D eigenvalue weighted by Gasteiger charge is -2.15. The lowest BCUT2D eigenvalue weighted by Crippen LogP contribution is -2.24. The Hall–Kier alpha value is -1.02. The highest BCUT2D eigenvalue weighted by molar-refractivity contribution is 5.44. The van der Waals surface area contributed by atoms with E-state index in [1.807, 2.05) is 6.92 Å². The Labute approximate surface area is 86.1 Å². The van der Waals surface area contributed by atoms with Crippen LogP contribution in [0, 0.1) is 20.8 Å². The molecule has 0 radical (unpaired) electrons. The molecule has 0 saturated carbocycles. The van der Waals surface area contributed by atoms with Crippen molar-refractivity contribution in [2.45, 2.75) is 33.7 Å². The number of rotatable bonds is 3. The standard InChI is InChI=1S/C12H19NO/c1-8-5-6-9(2)12(11(8)4)14-7-10(3)13/h5-6,10H,7,13H2,1-4H3. The van der Waals surface area contributed by atoms with E-state index in [1.165, 1.54) is 16.7 Å². The van der Waals surface area contributed by atoms with E-state index in [2.05, 4.69) is 32.9 Å². The number of hydrogen-bond donors (Lipinski definition) is 1. The Balaban J connectivity index is 2.89. The Kier molecular flexibility index (Phi) is 3.53. The van der Waals surface area contributed by atoms with Crippen LogP contribution in [-0.4, -0.2) is 12.6 Å². The van der Waals surface area contributed by atoms with Crippen LogP contribution in [0.3, 0.4) is 0 Å². The lowest BCUT2D eigenvalue weighted by molar-refractivity contribution is 0.292. The van der Waals surface area contributed by atoms with Crippen LogP contribution in [0.25, 0.3) is 0 Å².